The summed E-state index contributed by atoms with van der Waals surface area (Å²) in [4.78, 5) is 10.4. The molecule has 0 unspecified atom stereocenters. The molecule has 0 aliphatic carbocycles. The summed E-state index contributed by atoms with van der Waals surface area (Å²) in [5, 5.41) is 8.78. The van der Waals surface area contributed by atoms with E-state index in [-0.39, 0.29) is 12.4 Å². The van der Waals surface area contributed by atoms with Crippen LogP contribution < -0.4 is 4.74 Å². The van der Waals surface area contributed by atoms with E-state index in [0.29, 0.717) is 16.3 Å². The molecular formula is C12H13ClO5S. The highest BCUT2D eigenvalue weighted by Crippen LogP contribution is 2.26. The van der Waals surface area contributed by atoms with Crippen LogP contribution in [0.4, 0.5) is 0 Å². The lowest BCUT2D eigenvalue weighted by Crippen LogP contribution is -2.12. The van der Waals surface area contributed by atoms with Gasteiger partial charge in [-0.05, 0) is 23.8 Å². The molecule has 19 heavy (non-hydrogen) atoms. The van der Waals surface area contributed by atoms with Gasteiger partial charge >= 0.3 is 5.97 Å². The topological polar surface area (TPSA) is 80.7 Å². The second kappa shape index (κ2) is 6.58. The van der Waals surface area contributed by atoms with Crippen LogP contribution in [0.25, 0.3) is 6.08 Å². The second-order valence-corrected chi connectivity index (χ2v) is 6.51. The van der Waals surface area contributed by atoms with E-state index in [0.717, 1.165) is 12.3 Å². The van der Waals surface area contributed by atoms with Crippen LogP contribution in [0.3, 0.4) is 0 Å². The SMILES string of the molecule is CS(=O)(=O)CCOc1ccc(C=CC(=O)O)cc1Cl. The van der Waals surface area contributed by atoms with Gasteiger partial charge in [0.05, 0.1) is 10.8 Å². The summed E-state index contributed by atoms with van der Waals surface area (Å²) in [5.74, 6) is -0.785. The number of carbonyl (C=O) groups is 1. The first-order valence-corrected chi connectivity index (χ1v) is 7.73. The summed E-state index contributed by atoms with van der Waals surface area (Å²) >= 11 is 5.94. The third kappa shape index (κ3) is 6.26. The lowest BCUT2D eigenvalue weighted by molar-refractivity contribution is -0.131. The molecule has 0 aliphatic rings. The van der Waals surface area contributed by atoms with E-state index in [9.17, 15) is 13.2 Å². The molecule has 0 aliphatic heterocycles. The van der Waals surface area contributed by atoms with Crippen molar-refractivity contribution in [3.05, 3.63) is 34.9 Å². The van der Waals surface area contributed by atoms with Crippen molar-refractivity contribution in [2.45, 2.75) is 0 Å². The van der Waals surface area contributed by atoms with Crippen LogP contribution in [0.15, 0.2) is 24.3 Å². The Bertz CT molecular complexity index is 592. The third-order valence-corrected chi connectivity index (χ3v) is 3.29. The Kier molecular flexibility index (Phi) is 5.38. The minimum absolute atomic E-state index is 0.0167. The van der Waals surface area contributed by atoms with Gasteiger partial charge in [-0.25, -0.2) is 13.2 Å². The molecule has 1 rings (SSSR count). The second-order valence-electron chi connectivity index (χ2n) is 3.84. The van der Waals surface area contributed by atoms with Crippen molar-refractivity contribution < 1.29 is 23.1 Å². The molecule has 104 valence electrons. The summed E-state index contributed by atoms with van der Waals surface area (Å²) in [6, 6.07) is 4.73. The van der Waals surface area contributed by atoms with Crippen LogP contribution in [-0.4, -0.2) is 38.1 Å². The normalized spacial score (nSPS) is 11.7. The first-order valence-electron chi connectivity index (χ1n) is 5.29. The third-order valence-electron chi connectivity index (χ3n) is 2.09. The molecule has 0 radical (unpaired) electrons. The Labute approximate surface area is 116 Å². The number of sulfone groups is 1. The standard InChI is InChI=1S/C12H13ClO5S/c1-19(16,17)7-6-18-11-4-2-9(8-10(11)13)3-5-12(14)15/h2-5,8H,6-7H2,1H3,(H,14,15). The number of ether oxygens (including phenoxy) is 1. The molecule has 5 nitrogen and oxygen atoms in total. The molecular weight excluding hydrogens is 292 g/mol. The van der Waals surface area contributed by atoms with Crippen molar-refractivity contribution in [3.63, 3.8) is 0 Å². The molecule has 1 aromatic rings. The van der Waals surface area contributed by atoms with Crippen molar-refractivity contribution in [1.29, 1.82) is 0 Å². The van der Waals surface area contributed by atoms with Gasteiger partial charge in [0.25, 0.3) is 0 Å². The Hall–Kier alpha value is -1.53. The molecule has 0 saturated carbocycles. The average Bonchev–Trinajstić information content (AvgIpc) is 2.27. The number of aliphatic carboxylic acids is 1. The van der Waals surface area contributed by atoms with Crippen molar-refractivity contribution in [1.82, 2.24) is 0 Å². The van der Waals surface area contributed by atoms with Gasteiger partial charge in [-0.1, -0.05) is 17.7 Å². The van der Waals surface area contributed by atoms with Gasteiger partial charge in [-0.3, -0.25) is 0 Å². The minimum Gasteiger partial charge on any atom is -0.491 e. The van der Waals surface area contributed by atoms with Gasteiger partial charge < -0.3 is 9.84 Å². The van der Waals surface area contributed by atoms with E-state index in [2.05, 4.69) is 0 Å². The fourth-order valence-corrected chi connectivity index (χ4v) is 1.84. The molecule has 0 aromatic heterocycles. The first kappa shape index (κ1) is 15.5. The summed E-state index contributed by atoms with van der Waals surface area (Å²) in [6.07, 6.45) is 3.52. The van der Waals surface area contributed by atoms with Crippen LogP contribution in [0.5, 0.6) is 5.75 Å². The smallest absolute Gasteiger partial charge is 0.328 e. The highest BCUT2D eigenvalue weighted by Gasteiger charge is 2.05. The van der Waals surface area contributed by atoms with E-state index < -0.39 is 15.8 Å². The summed E-state index contributed by atoms with van der Waals surface area (Å²) < 4.78 is 27.1. The molecule has 1 aromatic carbocycles. The Morgan fingerprint density at radius 2 is 2.16 bits per heavy atom. The fraction of sp³-hybridized carbons (Fsp3) is 0.250. The number of hydrogen-bond acceptors (Lipinski definition) is 4. The van der Waals surface area contributed by atoms with E-state index in [1.54, 1.807) is 12.1 Å². The van der Waals surface area contributed by atoms with Crippen LogP contribution in [0.2, 0.25) is 5.02 Å². The summed E-state index contributed by atoms with van der Waals surface area (Å²) in [6.45, 7) is 0.0167. The van der Waals surface area contributed by atoms with Gasteiger partial charge in [0.15, 0.2) is 9.84 Å². The maximum absolute atomic E-state index is 10.9. The Morgan fingerprint density at radius 1 is 1.47 bits per heavy atom. The maximum atomic E-state index is 10.9. The van der Waals surface area contributed by atoms with Crippen LogP contribution in [-0.2, 0) is 14.6 Å². The van der Waals surface area contributed by atoms with Crippen LogP contribution in [0, 0.1) is 0 Å². The van der Waals surface area contributed by atoms with Gasteiger partial charge in [-0.15, -0.1) is 0 Å². The zero-order valence-corrected chi connectivity index (χ0v) is 11.7. The Morgan fingerprint density at radius 3 is 2.68 bits per heavy atom. The highest BCUT2D eigenvalue weighted by atomic mass is 35.5. The molecule has 0 bridgehead atoms. The molecule has 0 heterocycles. The summed E-state index contributed by atoms with van der Waals surface area (Å²) in [7, 11) is -3.08. The van der Waals surface area contributed by atoms with Crippen molar-refractivity contribution >= 4 is 33.5 Å². The summed E-state index contributed by atoms with van der Waals surface area (Å²) in [5.41, 5.74) is 0.614. The number of halogens is 1. The first-order chi connectivity index (χ1) is 8.78. The predicted octanol–water partition coefficient (Wildman–Crippen LogP) is 1.86. The maximum Gasteiger partial charge on any atom is 0.328 e. The van der Waals surface area contributed by atoms with Gasteiger partial charge in [-0.2, -0.15) is 0 Å². The Balaban J connectivity index is 2.70. The molecule has 0 fully saturated rings. The van der Waals surface area contributed by atoms with Gasteiger partial charge in [0, 0.05) is 12.3 Å². The molecule has 0 amide bonds. The van der Waals surface area contributed by atoms with Gasteiger partial charge in [0.2, 0.25) is 0 Å². The molecule has 0 spiro atoms. The number of hydrogen-bond donors (Lipinski definition) is 1. The number of carboxylic acid groups (broad SMARTS) is 1. The molecule has 7 heteroatoms. The lowest BCUT2D eigenvalue weighted by Gasteiger charge is -2.07. The van der Waals surface area contributed by atoms with Crippen molar-refractivity contribution in [2.24, 2.45) is 0 Å². The number of rotatable bonds is 6. The fourth-order valence-electron chi connectivity index (χ4n) is 1.21. The number of benzene rings is 1. The minimum atomic E-state index is -3.08. The van der Waals surface area contributed by atoms with Crippen LogP contribution in [0.1, 0.15) is 5.56 Å². The zero-order chi connectivity index (χ0) is 14.5. The molecule has 0 saturated heterocycles. The van der Waals surface area contributed by atoms with Crippen LogP contribution >= 0.6 is 11.6 Å². The van der Waals surface area contributed by atoms with E-state index in [1.165, 1.54) is 12.1 Å². The van der Waals surface area contributed by atoms with E-state index in [4.69, 9.17) is 21.4 Å². The quantitative estimate of drug-likeness (QED) is 0.811. The van der Waals surface area contributed by atoms with Crippen molar-refractivity contribution in [2.75, 3.05) is 18.6 Å². The van der Waals surface area contributed by atoms with E-state index >= 15 is 0 Å². The predicted molar refractivity (Wildman–Crippen MR) is 73.3 cm³/mol. The van der Waals surface area contributed by atoms with Gasteiger partial charge in [0.1, 0.15) is 12.4 Å². The van der Waals surface area contributed by atoms with E-state index in [1.807, 2.05) is 0 Å². The average molecular weight is 305 g/mol. The molecule has 1 N–H and O–H groups in total. The highest BCUT2D eigenvalue weighted by molar-refractivity contribution is 7.90. The zero-order valence-electron chi connectivity index (χ0n) is 10.2. The van der Waals surface area contributed by atoms with Crippen molar-refractivity contribution in [3.8, 4) is 5.75 Å². The largest absolute Gasteiger partial charge is 0.491 e. The number of carboxylic acids is 1. The monoisotopic (exact) mass is 304 g/mol. The molecule has 0 atom stereocenters. The lowest BCUT2D eigenvalue weighted by atomic mass is 10.2.